The molecule has 1 fully saturated rings. The van der Waals surface area contributed by atoms with E-state index in [1.165, 1.54) is 0 Å². The molecule has 162 valence electrons. The molecule has 5 rings (SSSR count). The van der Waals surface area contributed by atoms with Crippen molar-refractivity contribution >= 4 is 28.5 Å². The zero-order chi connectivity index (χ0) is 21.9. The van der Waals surface area contributed by atoms with Crippen molar-refractivity contribution in [1.82, 2.24) is 24.6 Å². The maximum atomic E-state index is 12.8. The van der Waals surface area contributed by atoms with E-state index in [4.69, 9.17) is 16.3 Å². The lowest BCUT2D eigenvalue weighted by Crippen LogP contribution is -2.40. The third-order valence-electron chi connectivity index (χ3n) is 5.61. The second-order valence-corrected chi connectivity index (χ2v) is 8.26. The van der Waals surface area contributed by atoms with E-state index in [9.17, 15) is 4.79 Å². The fraction of sp³-hybridized carbons (Fsp3) is 0.250. The smallest absolute Gasteiger partial charge is 0.339 e. The number of hydrogen-bond donors (Lipinski definition) is 0. The first-order valence-electron chi connectivity index (χ1n) is 10.6. The molecule has 1 aliphatic rings. The van der Waals surface area contributed by atoms with Crippen molar-refractivity contribution in [2.45, 2.75) is 25.5 Å². The first kappa shape index (κ1) is 20.6. The molecule has 4 aromatic rings. The summed E-state index contributed by atoms with van der Waals surface area (Å²) in [5, 5.41) is 5.83. The van der Waals surface area contributed by atoms with Crippen LogP contribution >= 0.6 is 11.6 Å². The maximum Gasteiger partial charge on any atom is 0.339 e. The predicted octanol–water partition coefficient (Wildman–Crippen LogP) is 4.29. The van der Waals surface area contributed by atoms with Gasteiger partial charge in [-0.3, -0.25) is 4.90 Å². The summed E-state index contributed by atoms with van der Waals surface area (Å²) in [5.74, 6) is 0.360. The predicted molar refractivity (Wildman–Crippen MR) is 122 cm³/mol. The number of likely N-dealkylation sites (tertiary alicyclic amines) is 1. The maximum absolute atomic E-state index is 12.8. The molecule has 0 spiro atoms. The number of carbonyl (C=O) groups is 1. The van der Waals surface area contributed by atoms with Crippen LogP contribution in [0.15, 0.2) is 67.1 Å². The third kappa shape index (κ3) is 4.35. The first-order valence-corrected chi connectivity index (χ1v) is 11.0. The number of piperidine rings is 1. The molecule has 2 aromatic carbocycles. The number of nitrogens with zero attached hydrogens (tertiary/aromatic N) is 5. The Morgan fingerprint density at radius 1 is 1.12 bits per heavy atom. The van der Waals surface area contributed by atoms with Gasteiger partial charge in [-0.2, -0.15) is 5.10 Å². The molecule has 32 heavy (non-hydrogen) atoms. The van der Waals surface area contributed by atoms with Gasteiger partial charge >= 0.3 is 5.97 Å². The summed E-state index contributed by atoms with van der Waals surface area (Å²) in [4.78, 5) is 23.6. The Balaban J connectivity index is 1.27. The molecular formula is C24H22ClN5O2. The average Bonchev–Trinajstić information content (AvgIpc) is 3.24. The average molecular weight is 448 g/mol. The summed E-state index contributed by atoms with van der Waals surface area (Å²) in [5.41, 5.74) is 2.12. The molecule has 2 aromatic heterocycles. The monoisotopic (exact) mass is 447 g/mol. The molecule has 7 nitrogen and oxygen atoms in total. The van der Waals surface area contributed by atoms with Crippen molar-refractivity contribution < 1.29 is 9.53 Å². The Kier molecular flexibility index (Phi) is 5.83. The van der Waals surface area contributed by atoms with E-state index in [1.54, 1.807) is 41.5 Å². The lowest BCUT2D eigenvalue weighted by molar-refractivity contribution is 0.00525. The van der Waals surface area contributed by atoms with E-state index in [0.29, 0.717) is 23.7 Å². The van der Waals surface area contributed by atoms with E-state index in [-0.39, 0.29) is 6.10 Å². The van der Waals surface area contributed by atoms with Gasteiger partial charge < -0.3 is 4.74 Å². The number of halogens is 1. The standard InChI is InChI=1S/C24H22ClN5O2/c25-21-13-18(30-22-7-2-1-5-17(22)14-28-30)8-9-20(21)24(31)32-19-6-3-12-29(15-19)16-23-26-10-4-11-27-23/h1-2,4-5,7-11,13-14,19H,3,6,12,15-16H2. The summed E-state index contributed by atoms with van der Waals surface area (Å²) in [6.45, 7) is 2.22. The summed E-state index contributed by atoms with van der Waals surface area (Å²) >= 11 is 6.48. The van der Waals surface area contributed by atoms with Crippen molar-refractivity contribution in [3.8, 4) is 5.69 Å². The molecule has 8 heteroatoms. The van der Waals surface area contributed by atoms with Crippen molar-refractivity contribution in [3.63, 3.8) is 0 Å². The minimum absolute atomic E-state index is 0.189. The number of fused-ring (bicyclic) bond motifs is 1. The van der Waals surface area contributed by atoms with Gasteiger partial charge in [0.2, 0.25) is 0 Å². The number of rotatable bonds is 5. The van der Waals surface area contributed by atoms with Crippen LogP contribution in [-0.2, 0) is 11.3 Å². The van der Waals surface area contributed by atoms with Crippen LogP contribution in [0.5, 0.6) is 0 Å². The highest BCUT2D eigenvalue weighted by atomic mass is 35.5. The van der Waals surface area contributed by atoms with Crippen LogP contribution in [0.1, 0.15) is 29.0 Å². The minimum atomic E-state index is -0.408. The van der Waals surface area contributed by atoms with Gasteiger partial charge in [-0.05, 0) is 49.7 Å². The normalized spacial score (nSPS) is 16.8. The molecule has 1 atom stereocenters. The number of benzene rings is 2. The van der Waals surface area contributed by atoms with Gasteiger partial charge in [0.05, 0.1) is 34.5 Å². The van der Waals surface area contributed by atoms with E-state index >= 15 is 0 Å². The van der Waals surface area contributed by atoms with Crippen LogP contribution in [-0.4, -0.2) is 49.8 Å². The zero-order valence-electron chi connectivity index (χ0n) is 17.4. The van der Waals surface area contributed by atoms with E-state index in [2.05, 4.69) is 20.0 Å². The topological polar surface area (TPSA) is 73.1 Å². The van der Waals surface area contributed by atoms with Crippen molar-refractivity contribution in [1.29, 1.82) is 0 Å². The molecular weight excluding hydrogens is 426 g/mol. The fourth-order valence-electron chi connectivity index (χ4n) is 4.06. The number of aromatic nitrogens is 4. The molecule has 0 aliphatic carbocycles. The minimum Gasteiger partial charge on any atom is -0.457 e. The molecule has 1 unspecified atom stereocenters. The van der Waals surface area contributed by atoms with Gasteiger partial charge in [0.25, 0.3) is 0 Å². The Labute approximate surface area is 190 Å². The van der Waals surface area contributed by atoms with Crippen LogP contribution in [0.25, 0.3) is 16.6 Å². The number of para-hydroxylation sites is 1. The number of carbonyl (C=O) groups excluding carboxylic acids is 1. The number of ether oxygens (including phenoxy) is 1. The number of esters is 1. The molecule has 3 heterocycles. The van der Waals surface area contributed by atoms with E-state index < -0.39 is 5.97 Å². The van der Waals surface area contributed by atoms with Crippen LogP contribution in [0.2, 0.25) is 5.02 Å². The van der Waals surface area contributed by atoms with Crippen molar-refractivity contribution in [3.05, 3.63) is 83.5 Å². The number of hydrogen-bond acceptors (Lipinski definition) is 6. The van der Waals surface area contributed by atoms with E-state index in [1.807, 2.05) is 30.3 Å². The summed E-state index contributed by atoms with van der Waals surface area (Å²) < 4.78 is 7.61. The van der Waals surface area contributed by atoms with Gasteiger partial charge in [-0.15, -0.1) is 0 Å². The Morgan fingerprint density at radius 3 is 2.81 bits per heavy atom. The van der Waals surface area contributed by atoms with Gasteiger partial charge in [-0.25, -0.2) is 19.4 Å². The summed E-state index contributed by atoms with van der Waals surface area (Å²) in [6, 6.07) is 15.0. The zero-order valence-corrected chi connectivity index (χ0v) is 18.2. The highest BCUT2D eigenvalue weighted by Crippen LogP contribution is 2.25. The Bertz CT molecular complexity index is 1240. The Morgan fingerprint density at radius 2 is 1.97 bits per heavy atom. The largest absolute Gasteiger partial charge is 0.457 e. The first-order chi connectivity index (χ1) is 15.7. The molecule has 0 amide bonds. The van der Waals surface area contributed by atoms with Crippen LogP contribution in [0, 0.1) is 0 Å². The highest BCUT2D eigenvalue weighted by Gasteiger charge is 2.25. The summed E-state index contributed by atoms with van der Waals surface area (Å²) in [6.07, 6.45) is 6.87. The second kappa shape index (κ2) is 9.06. The summed E-state index contributed by atoms with van der Waals surface area (Å²) in [7, 11) is 0. The molecule has 0 bridgehead atoms. The molecule has 0 N–H and O–H groups in total. The van der Waals surface area contributed by atoms with Crippen LogP contribution in [0.4, 0.5) is 0 Å². The SMILES string of the molecule is O=C(OC1CCCN(Cc2ncccn2)C1)c1ccc(-n2ncc3ccccc32)cc1Cl. The highest BCUT2D eigenvalue weighted by molar-refractivity contribution is 6.33. The van der Waals surface area contributed by atoms with Gasteiger partial charge in [0.1, 0.15) is 11.9 Å². The Hall–Kier alpha value is -3.29. The second-order valence-electron chi connectivity index (χ2n) is 7.85. The third-order valence-corrected chi connectivity index (χ3v) is 5.93. The molecule has 1 aliphatic heterocycles. The van der Waals surface area contributed by atoms with E-state index in [0.717, 1.165) is 41.8 Å². The van der Waals surface area contributed by atoms with Crippen molar-refractivity contribution in [2.75, 3.05) is 13.1 Å². The molecule has 0 saturated carbocycles. The van der Waals surface area contributed by atoms with Crippen LogP contribution < -0.4 is 0 Å². The molecule has 1 saturated heterocycles. The lowest BCUT2D eigenvalue weighted by atomic mass is 10.1. The fourth-order valence-corrected chi connectivity index (χ4v) is 4.31. The van der Waals surface area contributed by atoms with Gasteiger partial charge in [0, 0.05) is 24.3 Å². The van der Waals surface area contributed by atoms with Gasteiger partial charge in [-0.1, -0.05) is 29.8 Å². The lowest BCUT2D eigenvalue weighted by Gasteiger charge is -2.31. The molecule has 0 radical (unpaired) electrons. The van der Waals surface area contributed by atoms with Gasteiger partial charge in [0.15, 0.2) is 0 Å². The van der Waals surface area contributed by atoms with Crippen LogP contribution in [0.3, 0.4) is 0 Å². The van der Waals surface area contributed by atoms with Crippen molar-refractivity contribution in [2.24, 2.45) is 0 Å². The quantitative estimate of drug-likeness (QED) is 0.425.